The van der Waals surface area contributed by atoms with Gasteiger partial charge in [0.2, 0.25) is 0 Å². The highest BCUT2D eigenvalue weighted by Gasteiger charge is 2.28. The van der Waals surface area contributed by atoms with Gasteiger partial charge in [0, 0.05) is 25.4 Å². The van der Waals surface area contributed by atoms with Gasteiger partial charge in [-0.25, -0.2) is 0 Å². The molecular formula is C9H17NO. The predicted octanol–water partition coefficient (Wildman–Crippen LogP) is 1.35. The van der Waals surface area contributed by atoms with Crippen LogP contribution in [-0.4, -0.2) is 18.4 Å². The Morgan fingerprint density at radius 3 is 2.45 bits per heavy atom. The molecule has 0 bridgehead atoms. The highest BCUT2D eigenvalue weighted by atomic mass is 16.1. The third-order valence-electron chi connectivity index (χ3n) is 2.27. The third kappa shape index (κ3) is 2.29. The van der Waals surface area contributed by atoms with Crippen LogP contribution in [0.3, 0.4) is 0 Å². The van der Waals surface area contributed by atoms with E-state index in [-0.39, 0.29) is 5.41 Å². The zero-order valence-electron chi connectivity index (χ0n) is 7.61. The van der Waals surface area contributed by atoms with Gasteiger partial charge in [-0.1, -0.05) is 20.8 Å². The van der Waals surface area contributed by atoms with Crippen LogP contribution in [0, 0.1) is 5.41 Å². The molecule has 0 radical (unpaired) electrons. The van der Waals surface area contributed by atoms with Gasteiger partial charge in [-0.3, -0.25) is 4.79 Å². The lowest BCUT2D eigenvalue weighted by molar-refractivity contribution is -0.121. The number of ketones is 1. The zero-order chi connectivity index (χ0) is 8.48. The van der Waals surface area contributed by atoms with Crippen molar-refractivity contribution in [3.8, 4) is 0 Å². The minimum absolute atomic E-state index is 0.218. The molecule has 0 amide bonds. The molecule has 0 unspecified atom stereocenters. The maximum Gasteiger partial charge on any atom is 0.135 e. The van der Waals surface area contributed by atoms with Crippen molar-refractivity contribution in [2.75, 3.05) is 6.54 Å². The third-order valence-corrected chi connectivity index (χ3v) is 2.27. The van der Waals surface area contributed by atoms with E-state index in [1.807, 2.05) is 0 Å². The Balaban J connectivity index is 2.53. The quantitative estimate of drug-likeness (QED) is 0.572. The second-order valence-electron chi connectivity index (χ2n) is 4.37. The molecule has 1 aliphatic heterocycles. The largest absolute Gasteiger partial charge is 0.313 e. The fourth-order valence-corrected chi connectivity index (χ4v) is 1.40. The number of piperidine rings is 1. The van der Waals surface area contributed by atoms with Crippen LogP contribution in [0.1, 0.15) is 33.6 Å². The van der Waals surface area contributed by atoms with E-state index in [1.165, 1.54) is 0 Å². The highest BCUT2D eigenvalue weighted by molar-refractivity contribution is 5.80. The van der Waals surface area contributed by atoms with Crippen molar-refractivity contribution in [1.82, 2.24) is 5.32 Å². The van der Waals surface area contributed by atoms with Gasteiger partial charge in [-0.15, -0.1) is 0 Å². The van der Waals surface area contributed by atoms with E-state index in [9.17, 15) is 4.79 Å². The Labute approximate surface area is 68.4 Å². The van der Waals surface area contributed by atoms with Crippen molar-refractivity contribution in [3.05, 3.63) is 0 Å². The monoisotopic (exact) mass is 155 g/mol. The molecule has 1 atom stereocenters. The molecule has 11 heavy (non-hydrogen) atoms. The molecule has 2 nitrogen and oxygen atoms in total. The van der Waals surface area contributed by atoms with E-state index in [4.69, 9.17) is 0 Å². The lowest BCUT2D eigenvalue weighted by Gasteiger charge is -2.34. The van der Waals surface area contributed by atoms with Gasteiger partial charge in [0.15, 0.2) is 0 Å². The van der Waals surface area contributed by atoms with E-state index in [2.05, 4.69) is 26.1 Å². The van der Waals surface area contributed by atoms with Crippen LogP contribution in [0.4, 0.5) is 0 Å². The molecule has 1 aliphatic rings. The molecule has 1 rings (SSSR count). The molecular weight excluding hydrogens is 138 g/mol. The van der Waals surface area contributed by atoms with Crippen molar-refractivity contribution in [2.45, 2.75) is 39.7 Å². The van der Waals surface area contributed by atoms with Gasteiger partial charge >= 0.3 is 0 Å². The Morgan fingerprint density at radius 1 is 1.45 bits per heavy atom. The maximum absolute atomic E-state index is 11.1. The zero-order valence-corrected chi connectivity index (χ0v) is 7.61. The molecule has 0 saturated carbocycles. The van der Waals surface area contributed by atoms with E-state index >= 15 is 0 Å². The summed E-state index contributed by atoms with van der Waals surface area (Å²) in [6.07, 6.45) is 1.43. The summed E-state index contributed by atoms with van der Waals surface area (Å²) in [5, 5.41) is 3.37. The summed E-state index contributed by atoms with van der Waals surface area (Å²) >= 11 is 0. The normalized spacial score (nSPS) is 27.2. The molecule has 64 valence electrons. The second-order valence-corrected chi connectivity index (χ2v) is 4.37. The first-order valence-electron chi connectivity index (χ1n) is 4.25. The molecule has 0 aromatic heterocycles. The van der Waals surface area contributed by atoms with Crippen molar-refractivity contribution in [1.29, 1.82) is 0 Å². The minimum atomic E-state index is 0.218. The number of Topliss-reactive ketones (excluding diaryl/α,β-unsaturated/α-hetero) is 1. The van der Waals surface area contributed by atoms with Crippen LogP contribution in [0.25, 0.3) is 0 Å². The summed E-state index contributed by atoms with van der Waals surface area (Å²) in [6.45, 7) is 7.37. The molecule has 0 aromatic carbocycles. The average molecular weight is 155 g/mol. The van der Waals surface area contributed by atoms with Gasteiger partial charge < -0.3 is 5.32 Å². The summed E-state index contributed by atoms with van der Waals surface area (Å²) in [5.41, 5.74) is 0.218. The van der Waals surface area contributed by atoms with Gasteiger partial charge in [0.1, 0.15) is 5.78 Å². The SMILES string of the molecule is CC(C)(C)[C@H]1CC(=O)CCN1. The van der Waals surface area contributed by atoms with E-state index < -0.39 is 0 Å². The second kappa shape index (κ2) is 2.94. The van der Waals surface area contributed by atoms with Gasteiger partial charge in [-0.05, 0) is 5.41 Å². The number of hydrogen-bond donors (Lipinski definition) is 1. The van der Waals surface area contributed by atoms with E-state index in [0.29, 0.717) is 24.7 Å². The van der Waals surface area contributed by atoms with Crippen molar-refractivity contribution in [2.24, 2.45) is 5.41 Å². The summed E-state index contributed by atoms with van der Waals surface area (Å²) in [4.78, 5) is 11.1. The summed E-state index contributed by atoms with van der Waals surface area (Å²) in [7, 11) is 0. The lowest BCUT2D eigenvalue weighted by atomic mass is 9.82. The summed E-state index contributed by atoms with van der Waals surface area (Å²) in [5.74, 6) is 0.406. The summed E-state index contributed by atoms with van der Waals surface area (Å²) < 4.78 is 0. The highest BCUT2D eigenvalue weighted by Crippen LogP contribution is 2.24. The standard InChI is InChI=1S/C9H17NO/c1-9(2,3)8-6-7(11)4-5-10-8/h8,10H,4-6H2,1-3H3/t8-/m1/s1. The topological polar surface area (TPSA) is 29.1 Å². The van der Waals surface area contributed by atoms with Gasteiger partial charge in [0.05, 0.1) is 0 Å². The molecule has 1 heterocycles. The molecule has 1 N–H and O–H groups in total. The van der Waals surface area contributed by atoms with Crippen LogP contribution in [0.2, 0.25) is 0 Å². The Hall–Kier alpha value is -0.370. The van der Waals surface area contributed by atoms with Crippen LogP contribution in [-0.2, 0) is 4.79 Å². The average Bonchev–Trinajstić information content (AvgIpc) is 1.86. The van der Waals surface area contributed by atoms with Crippen molar-refractivity contribution >= 4 is 5.78 Å². The summed E-state index contributed by atoms with van der Waals surface area (Å²) in [6, 6.07) is 0.378. The van der Waals surface area contributed by atoms with Crippen LogP contribution >= 0.6 is 0 Å². The lowest BCUT2D eigenvalue weighted by Crippen LogP contribution is -2.46. The van der Waals surface area contributed by atoms with E-state index in [1.54, 1.807) is 0 Å². The van der Waals surface area contributed by atoms with Crippen molar-refractivity contribution < 1.29 is 4.79 Å². The van der Waals surface area contributed by atoms with Crippen LogP contribution < -0.4 is 5.32 Å². The van der Waals surface area contributed by atoms with Crippen molar-refractivity contribution in [3.63, 3.8) is 0 Å². The first-order chi connectivity index (χ1) is 5.00. The Kier molecular flexibility index (Phi) is 2.33. The fraction of sp³-hybridized carbons (Fsp3) is 0.889. The Morgan fingerprint density at radius 2 is 2.09 bits per heavy atom. The minimum Gasteiger partial charge on any atom is -0.313 e. The number of rotatable bonds is 0. The smallest absolute Gasteiger partial charge is 0.135 e. The van der Waals surface area contributed by atoms with Crippen LogP contribution in [0.5, 0.6) is 0 Å². The maximum atomic E-state index is 11.1. The van der Waals surface area contributed by atoms with Gasteiger partial charge in [0.25, 0.3) is 0 Å². The number of hydrogen-bond acceptors (Lipinski definition) is 2. The molecule has 1 fully saturated rings. The molecule has 0 aliphatic carbocycles. The molecule has 2 heteroatoms. The fourth-order valence-electron chi connectivity index (χ4n) is 1.40. The van der Waals surface area contributed by atoms with E-state index in [0.717, 1.165) is 6.54 Å². The Bertz CT molecular complexity index is 157. The molecule has 0 aromatic rings. The van der Waals surface area contributed by atoms with Gasteiger partial charge in [-0.2, -0.15) is 0 Å². The first-order valence-corrected chi connectivity index (χ1v) is 4.25. The molecule has 0 spiro atoms. The van der Waals surface area contributed by atoms with Crippen LogP contribution in [0.15, 0.2) is 0 Å². The molecule has 1 saturated heterocycles. The number of carbonyl (C=O) groups is 1. The number of carbonyl (C=O) groups excluding carboxylic acids is 1. The number of nitrogens with one attached hydrogen (secondary N) is 1. The first kappa shape index (κ1) is 8.72. The predicted molar refractivity (Wildman–Crippen MR) is 45.5 cm³/mol.